The summed E-state index contributed by atoms with van der Waals surface area (Å²) in [7, 11) is 0. The molecule has 0 saturated carbocycles. The lowest BCUT2D eigenvalue weighted by atomic mass is 10.4. The van der Waals surface area contributed by atoms with Gasteiger partial charge in [0.25, 0.3) is 0 Å². The Labute approximate surface area is 97.2 Å². The number of aromatic nitrogens is 1. The number of hydrogen-bond donors (Lipinski definition) is 1. The van der Waals surface area contributed by atoms with Crippen molar-refractivity contribution in [3.8, 4) is 5.75 Å². The molecule has 1 heterocycles. The number of carbonyl (C=O) groups is 1. The molecule has 4 nitrogen and oxygen atoms in total. The van der Waals surface area contributed by atoms with E-state index < -0.39 is 18.4 Å². The van der Waals surface area contributed by atoms with Crippen LogP contribution in [0, 0.1) is 9.52 Å². The van der Waals surface area contributed by atoms with Crippen LogP contribution in [0.3, 0.4) is 0 Å². The van der Waals surface area contributed by atoms with Crippen LogP contribution in [0.15, 0.2) is 6.07 Å². The average molecular weight is 331 g/mol. The zero-order chi connectivity index (χ0) is 10.7. The average Bonchev–Trinajstić information content (AvgIpc) is 2.09. The SMILES string of the molecule is O=C(O)COc1cc(F)c(I)nc1Cl. The monoisotopic (exact) mass is 331 g/mol. The Kier molecular flexibility index (Phi) is 3.87. The Hall–Kier alpha value is -0.630. The van der Waals surface area contributed by atoms with E-state index in [1.165, 1.54) is 0 Å². The molecule has 1 N–H and O–H groups in total. The van der Waals surface area contributed by atoms with Crippen LogP contribution < -0.4 is 4.74 Å². The summed E-state index contributed by atoms with van der Waals surface area (Å²) < 4.78 is 17.7. The molecule has 0 aromatic carbocycles. The van der Waals surface area contributed by atoms with Gasteiger partial charge >= 0.3 is 5.97 Å². The Morgan fingerprint density at radius 2 is 2.43 bits per heavy atom. The van der Waals surface area contributed by atoms with Crippen molar-refractivity contribution in [1.29, 1.82) is 0 Å². The van der Waals surface area contributed by atoms with Crippen LogP contribution in [0.4, 0.5) is 4.39 Å². The summed E-state index contributed by atoms with van der Waals surface area (Å²) in [5, 5.41) is 8.25. The fourth-order valence-electron chi connectivity index (χ4n) is 0.670. The Morgan fingerprint density at radius 1 is 1.79 bits per heavy atom. The topological polar surface area (TPSA) is 59.4 Å². The first-order chi connectivity index (χ1) is 6.50. The van der Waals surface area contributed by atoms with Crippen molar-refractivity contribution in [3.05, 3.63) is 20.7 Å². The molecule has 0 amide bonds. The number of nitrogens with zero attached hydrogens (tertiary/aromatic N) is 1. The zero-order valence-electron chi connectivity index (χ0n) is 6.63. The second kappa shape index (κ2) is 4.74. The summed E-state index contributed by atoms with van der Waals surface area (Å²) >= 11 is 7.25. The van der Waals surface area contributed by atoms with Crippen LogP contribution >= 0.6 is 34.2 Å². The quantitative estimate of drug-likeness (QED) is 0.679. The second-order valence-electron chi connectivity index (χ2n) is 2.23. The van der Waals surface area contributed by atoms with E-state index in [-0.39, 0.29) is 14.6 Å². The van der Waals surface area contributed by atoms with E-state index in [1.807, 2.05) is 0 Å². The summed E-state index contributed by atoms with van der Waals surface area (Å²) in [4.78, 5) is 13.8. The molecule has 1 aromatic heterocycles. The van der Waals surface area contributed by atoms with Crippen molar-refractivity contribution in [2.24, 2.45) is 0 Å². The summed E-state index contributed by atoms with van der Waals surface area (Å²) in [5.74, 6) is -1.85. The van der Waals surface area contributed by atoms with Crippen LogP contribution in [-0.4, -0.2) is 22.7 Å². The Bertz CT molecular complexity index is 374. The van der Waals surface area contributed by atoms with E-state index in [1.54, 1.807) is 22.6 Å². The number of aliphatic carboxylic acids is 1. The second-order valence-corrected chi connectivity index (χ2v) is 3.61. The number of carboxylic acid groups (broad SMARTS) is 1. The van der Waals surface area contributed by atoms with Crippen LogP contribution in [-0.2, 0) is 4.79 Å². The van der Waals surface area contributed by atoms with Gasteiger partial charge in [-0.3, -0.25) is 0 Å². The fraction of sp³-hybridized carbons (Fsp3) is 0.143. The molecule has 0 aliphatic rings. The smallest absolute Gasteiger partial charge is 0.341 e. The van der Waals surface area contributed by atoms with Crippen LogP contribution in [0.25, 0.3) is 0 Å². The van der Waals surface area contributed by atoms with Gasteiger partial charge in [-0.05, 0) is 22.6 Å². The van der Waals surface area contributed by atoms with E-state index in [4.69, 9.17) is 21.4 Å². The summed E-state index contributed by atoms with van der Waals surface area (Å²) in [6.07, 6.45) is 0. The maximum absolute atomic E-state index is 12.9. The predicted molar refractivity (Wildman–Crippen MR) is 55.1 cm³/mol. The molecular formula is C7H4ClFINO3. The lowest BCUT2D eigenvalue weighted by molar-refractivity contribution is -0.139. The van der Waals surface area contributed by atoms with Gasteiger partial charge in [0.2, 0.25) is 0 Å². The van der Waals surface area contributed by atoms with Gasteiger partial charge in [0.1, 0.15) is 3.70 Å². The molecule has 0 spiro atoms. The van der Waals surface area contributed by atoms with E-state index in [0.29, 0.717) is 0 Å². The van der Waals surface area contributed by atoms with Gasteiger partial charge in [0.05, 0.1) is 0 Å². The number of hydrogen-bond acceptors (Lipinski definition) is 3. The Balaban J connectivity index is 2.87. The van der Waals surface area contributed by atoms with Gasteiger partial charge in [-0.25, -0.2) is 14.2 Å². The highest BCUT2D eigenvalue weighted by atomic mass is 127. The molecular weight excluding hydrogens is 327 g/mol. The van der Waals surface area contributed by atoms with E-state index in [0.717, 1.165) is 6.07 Å². The van der Waals surface area contributed by atoms with Crippen LogP contribution in [0.2, 0.25) is 5.15 Å². The number of ether oxygens (including phenoxy) is 1. The standard InChI is InChI=1S/C7H4ClFINO3/c8-6-4(14-2-5(12)13)1-3(9)7(10)11-6/h1H,2H2,(H,12,13). The van der Waals surface area contributed by atoms with Gasteiger partial charge in [-0.1, -0.05) is 11.6 Å². The number of rotatable bonds is 3. The molecule has 0 bridgehead atoms. The van der Waals surface area contributed by atoms with Crippen molar-refractivity contribution < 1.29 is 19.0 Å². The largest absolute Gasteiger partial charge is 0.479 e. The lowest BCUT2D eigenvalue weighted by Crippen LogP contribution is -2.10. The van der Waals surface area contributed by atoms with Crippen molar-refractivity contribution >= 4 is 40.2 Å². The third kappa shape index (κ3) is 2.95. The third-order valence-electron chi connectivity index (χ3n) is 1.21. The van der Waals surface area contributed by atoms with Crippen LogP contribution in [0.1, 0.15) is 0 Å². The first-order valence-electron chi connectivity index (χ1n) is 3.37. The predicted octanol–water partition coefficient (Wildman–Crippen LogP) is 1.94. The van der Waals surface area contributed by atoms with Crippen LogP contribution in [0.5, 0.6) is 5.75 Å². The molecule has 0 unspecified atom stereocenters. The first kappa shape index (κ1) is 11.4. The van der Waals surface area contributed by atoms with Gasteiger partial charge in [-0.2, -0.15) is 0 Å². The fourth-order valence-corrected chi connectivity index (χ4v) is 1.40. The molecule has 1 aromatic rings. The zero-order valence-corrected chi connectivity index (χ0v) is 9.54. The molecule has 0 radical (unpaired) electrons. The van der Waals surface area contributed by atoms with Crippen molar-refractivity contribution in [2.45, 2.75) is 0 Å². The molecule has 76 valence electrons. The summed E-state index contributed by atoms with van der Waals surface area (Å²) in [6, 6.07) is 1.00. The van der Waals surface area contributed by atoms with Gasteiger partial charge in [0, 0.05) is 6.07 Å². The highest BCUT2D eigenvalue weighted by Crippen LogP contribution is 2.25. The minimum Gasteiger partial charge on any atom is -0.479 e. The number of pyridine rings is 1. The molecule has 0 aliphatic carbocycles. The van der Waals surface area contributed by atoms with Crippen molar-refractivity contribution in [3.63, 3.8) is 0 Å². The number of carboxylic acids is 1. The Morgan fingerprint density at radius 3 is 3.00 bits per heavy atom. The maximum Gasteiger partial charge on any atom is 0.341 e. The maximum atomic E-state index is 12.9. The van der Waals surface area contributed by atoms with Gasteiger partial charge < -0.3 is 9.84 Å². The molecule has 7 heteroatoms. The third-order valence-corrected chi connectivity index (χ3v) is 2.23. The summed E-state index contributed by atoms with van der Waals surface area (Å²) in [6.45, 7) is -0.582. The van der Waals surface area contributed by atoms with Gasteiger partial charge in [0.15, 0.2) is 23.3 Å². The normalized spacial score (nSPS) is 9.93. The van der Waals surface area contributed by atoms with Crippen molar-refractivity contribution in [1.82, 2.24) is 4.98 Å². The van der Waals surface area contributed by atoms with E-state index in [2.05, 4.69) is 4.98 Å². The minimum absolute atomic E-state index is 0.0583. The highest BCUT2D eigenvalue weighted by Gasteiger charge is 2.10. The molecule has 0 atom stereocenters. The molecule has 0 fully saturated rings. The van der Waals surface area contributed by atoms with E-state index in [9.17, 15) is 9.18 Å². The molecule has 0 aliphatic heterocycles. The van der Waals surface area contributed by atoms with Crippen molar-refractivity contribution in [2.75, 3.05) is 6.61 Å². The molecule has 0 saturated heterocycles. The minimum atomic E-state index is -1.17. The molecule has 14 heavy (non-hydrogen) atoms. The lowest BCUT2D eigenvalue weighted by Gasteiger charge is -2.05. The van der Waals surface area contributed by atoms with Gasteiger partial charge in [-0.15, -0.1) is 0 Å². The summed E-state index contributed by atoms with van der Waals surface area (Å²) in [5.41, 5.74) is 0. The molecule has 1 rings (SSSR count). The first-order valence-corrected chi connectivity index (χ1v) is 4.82. The number of halogens is 3. The highest BCUT2D eigenvalue weighted by molar-refractivity contribution is 14.1. The van der Waals surface area contributed by atoms with E-state index >= 15 is 0 Å².